The number of hydrogen-bond donors (Lipinski definition) is 3. The summed E-state index contributed by atoms with van der Waals surface area (Å²) >= 11 is 0. The van der Waals surface area contributed by atoms with Crippen LogP contribution in [-0.4, -0.2) is 25.5 Å². The zero-order valence-electron chi connectivity index (χ0n) is 8.66. The van der Waals surface area contributed by atoms with Crippen molar-refractivity contribution in [1.82, 2.24) is 5.32 Å². The van der Waals surface area contributed by atoms with E-state index in [-0.39, 0.29) is 18.4 Å². The quantitative estimate of drug-likeness (QED) is 0.580. The van der Waals surface area contributed by atoms with E-state index >= 15 is 0 Å². The van der Waals surface area contributed by atoms with E-state index < -0.39 is 0 Å². The zero-order chi connectivity index (χ0) is 11.7. The number of ether oxygens (including phenoxy) is 1. The number of hydrogen-bond acceptors (Lipinski definition) is 4. The van der Waals surface area contributed by atoms with Crippen LogP contribution in [0.15, 0.2) is 12.1 Å². The second kappa shape index (κ2) is 3.73. The molecule has 4 N–H and O–H groups in total. The molecule has 0 aliphatic carbocycles. The summed E-state index contributed by atoms with van der Waals surface area (Å²) < 4.78 is 5.00. The highest BCUT2D eigenvalue weighted by atomic mass is 16.5. The minimum absolute atomic E-state index is 0.0602. The van der Waals surface area contributed by atoms with Gasteiger partial charge in [-0.15, -0.1) is 0 Å². The number of rotatable bonds is 1. The average molecular weight is 221 g/mol. The summed E-state index contributed by atoms with van der Waals surface area (Å²) in [6, 6.07) is 3.09. The van der Waals surface area contributed by atoms with Crippen LogP contribution in [0, 0.1) is 0 Å². The molecule has 6 nitrogen and oxygen atoms in total. The van der Waals surface area contributed by atoms with Gasteiger partial charge in [0.15, 0.2) is 0 Å². The topological polar surface area (TPSA) is 93.4 Å². The Morgan fingerprint density at radius 3 is 2.81 bits per heavy atom. The van der Waals surface area contributed by atoms with Crippen LogP contribution in [0.25, 0.3) is 0 Å². The lowest BCUT2D eigenvalue weighted by Crippen LogP contribution is -2.28. The van der Waals surface area contributed by atoms with Crippen LogP contribution in [0.1, 0.15) is 10.4 Å². The minimum Gasteiger partial charge on any atom is -0.497 e. The molecule has 0 spiro atoms. The van der Waals surface area contributed by atoms with Crippen molar-refractivity contribution in [3.8, 4) is 5.75 Å². The number of amides is 2. The third-order valence-corrected chi connectivity index (χ3v) is 2.30. The van der Waals surface area contributed by atoms with Gasteiger partial charge in [-0.05, 0) is 6.07 Å². The number of carbonyl (C=O) groups is 2. The second-order valence-corrected chi connectivity index (χ2v) is 3.37. The van der Waals surface area contributed by atoms with Crippen LogP contribution >= 0.6 is 0 Å². The lowest BCUT2D eigenvalue weighted by atomic mass is 10.1. The highest BCUT2D eigenvalue weighted by molar-refractivity contribution is 6.11. The highest BCUT2D eigenvalue weighted by Gasteiger charge is 2.21. The summed E-state index contributed by atoms with van der Waals surface area (Å²) in [5.41, 5.74) is 6.68. The van der Waals surface area contributed by atoms with Gasteiger partial charge in [0.2, 0.25) is 5.91 Å². The first kappa shape index (κ1) is 10.3. The third kappa shape index (κ3) is 1.65. The summed E-state index contributed by atoms with van der Waals surface area (Å²) in [7, 11) is 1.48. The van der Waals surface area contributed by atoms with Crippen molar-refractivity contribution in [3.05, 3.63) is 17.7 Å². The molecule has 1 aliphatic heterocycles. The molecule has 1 aromatic carbocycles. The second-order valence-electron chi connectivity index (χ2n) is 3.37. The van der Waals surface area contributed by atoms with Gasteiger partial charge in [0.1, 0.15) is 5.75 Å². The molecule has 2 rings (SSSR count). The number of nitrogens with two attached hydrogens (primary N) is 1. The molecule has 0 saturated heterocycles. The Kier molecular flexibility index (Phi) is 2.40. The molecular formula is C10H11N3O3. The normalized spacial score (nSPS) is 14.6. The first-order valence-electron chi connectivity index (χ1n) is 4.67. The van der Waals surface area contributed by atoms with Crippen LogP contribution in [0.4, 0.5) is 11.4 Å². The molecule has 0 bridgehead atoms. The number of nitrogen functional groups attached to an aromatic ring is 1. The standard InChI is InChI=1S/C10H11N3O3/c1-16-5-2-6-9(7(11)3-5)13-8(14)4-12-10(6)15/h2-3H,4,11H2,1H3,(H,12,15)(H,13,14). The van der Waals surface area contributed by atoms with Crippen molar-refractivity contribution in [1.29, 1.82) is 0 Å². The van der Waals surface area contributed by atoms with Crippen LogP contribution in [0.5, 0.6) is 5.75 Å². The van der Waals surface area contributed by atoms with E-state index in [0.29, 0.717) is 22.7 Å². The molecule has 6 heteroatoms. The third-order valence-electron chi connectivity index (χ3n) is 2.30. The maximum Gasteiger partial charge on any atom is 0.254 e. The number of carbonyl (C=O) groups excluding carboxylic acids is 2. The van der Waals surface area contributed by atoms with Gasteiger partial charge in [0, 0.05) is 6.07 Å². The Hall–Kier alpha value is -2.24. The predicted molar refractivity (Wildman–Crippen MR) is 58.4 cm³/mol. The molecule has 0 aromatic heterocycles. The number of benzene rings is 1. The first-order chi connectivity index (χ1) is 7.61. The van der Waals surface area contributed by atoms with Crippen molar-refractivity contribution < 1.29 is 14.3 Å². The van der Waals surface area contributed by atoms with Gasteiger partial charge >= 0.3 is 0 Å². The van der Waals surface area contributed by atoms with Crippen LogP contribution in [0.3, 0.4) is 0 Å². The van der Waals surface area contributed by atoms with E-state index in [1.54, 1.807) is 6.07 Å². The van der Waals surface area contributed by atoms with E-state index in [1.165, 1.54) is 13.2 Å². The van der Waals surface area contributed by atoms with E-state index in [2.05, 4.69) is 10.6 Å². The van der Waals surface area contributed by atoms with Crippen molar-refractivity contribution in [2.75, 3.05) is 24.7 Å². The summed E-state index contributed by atoms with van der Waals surface area (Å²) in [5, 5.41) is 5.04. The molecule has 0 saturated carbocycles. The number of anilines is 2. The van der Waals surface area contributed by atoms with Gasteiger partial charge in [0.05, 0.1) is 30.6 Å². The van der Waals surface area contributed by atoms with Gasteiger partial charge in [-0.3, -0.25) is 9.59 Å². The lowest BCUT2D eigenvalue weighted by molar-refractivity contribution is -0.115. The monoisotopic (exact) mass is 221 g/mol. The van der Waals surface area contributed by atoms with Crippen molar-refractivity contribution in [2.45, 2.75) is 0 Å². The zero-order valence-corrected chi connectivity index (χ0v) is 8.66. The largest absolute Gasteiger partial charge is 0.497 e. The van der Waals surface area contributed by atoms with Gasteiger partial charge in [-0.2, -0.15) is 0 Å². The Morgan fingerprint density at radius 1 is 1.38 bits per heavy atom. The molecule has 0 radical (unpaired) electrons. The molecule has 84 valence electrons. The fourth-order valence-electron chi connectivity index (χ4n) is 1.51. The van der Waals surface area contributed by atoms with E-state index in [4.69, 9.17) is 10.5 Å². The minimum atomic E-state index is -0.348. The molecular weight excluding hydrogens is 210 g/mol. The van der Waals surface area contributed by atoms with Crippen LogP contribution in [0.2, 0.25) is 0 Å². The molecule has 1 aliphatic rings. The van der Waals surface area contributed by atoms with Crippen molar-refractivity contribution in [3.63, 3.8) is 0 Å². The summed E-state index contributed by atoms with van der Waals surface area (Å²) in [5.74, 6) is -0.175. The Morgan fingerprint density at radius 2 is 2.12 bits per heavy atom. The molecule has 1 aromatic rings. The number of nitrogens with one attached hydrogen (secondary N) is 2. The average Bonchev–Trinajstić information content (AvgIpc) is 2.41. The molecule has 0 fully saturated rings. The van der Waals surface area contributed by atoms with Crippen LogP contribution < -0.4 is 21.1 Å². The van der Waals surface area contributed by atoms with E-state index in [0.717, 1.165) is 0 Å². The predicted octanol–water partition coefficient (Wildman–Crippen LogP) is -0.0407. The number of fused-ring (bicyclic) bond motifs is 1. The Balaban J connectivity index is 2.58. The van der Waals surface area contributed by atoms with Gasteiger partial charge in [-0.25, -0.2) is 0 Å². The summed E-state index contributed by atoms with van der Waals surface area (Å²) in [4.78, 5) is 22.9. The molecule has 0 unspecified atom stereocenters. The summed E-state index contributed by atoms with van der Waals surface area (Å²) in [6.07, 6.45) is 0. The molecule has 1 heterocycles. The number of methoxy groups -OCH3 is 1. The van der Waals surface area contributed by atoms with Gasteiger partial charge < -0.3 is 21.1 Å². The SMILES string of the molecule is COc1cc(N)c2c(c1)C(=O)NCC(=O)N2. The maximum absolute atomic E-state index is 11.7. The molecule has 2 amide bonds. The van der Waals surface area contributed by atoms with E-state index in [1.807, 2.05) is 0 Å². The Labute approximate surface area is 91.8 Å². The fraction of sp³-hybridized carbons (Fsp3) is 0.200. The van der Waals surface area contributed by atoms with Crippen LogP contribution in [-0.2, 0) is 4.79 Å². The first-order valence-corrected chi connectivity index (χ1v) is 4.67. The highest BCUT2D eigenvalue weighted by Crippen LogP contribution is 2.30. The summed E-state index contributed by atoms with van der Waals surface area (Å²) in [6.45, 7) is -0.0602. The fourth-order valence-corrected chi connectivity index (χ4v) is 1.51. The van der Waals surface area contributed by atoms with Gasteiger partial charge in [-0.1, -0.05) is 0 Å². The van der Waals surface area contributed by atoms with Crippen molar-refractivity contribution in [2.24, 2.45) is 0 Å². The smallest absolute Gasteiger partial charge is 0.254 e. The Bertz CT molecular complexity index is 471. The van der Waals surface area contributed by atoms with Gasteiger partial charge in [0.25, 0.3) is 5.91 Å². The van der Waals surface area contributed by atoms with Crippen molar-refractivity contribution >= 4 is 23.2 Å². The molecule has 0 atom stereocenters. The lowest BCUT2D eigenvalue weighted by Gasteiger charge is -2.10. The molecule has 16 heavy (non-hydrogen) atoms. The maximum atomic E-state index is 11.7. The van der Waals surface area contributed by atoms with E-state index in [9.17, 15) is 9.59 Å².